The van der Waals surface area contributed by atoms with Crippen molar-refractivity contribution in [2.24, 2.45) is 0 Å². The van der Waals surface area contributed by atoms with Crippen LogP contribution in [0.3, 0.4) is 0 Å². The molecular formula is C19H19ClN4O3. The van der Waals surface area contributed by atoms with Crippen LogP contribution in [0.4, 0.5) is 0 Å². The molecule has 1 saturated heterocycles. The quantitative estimate of drug-likeness (QED) is 0.669. The Balaban J connectivity index is 1.67. The molecule has 27 heavy (non-hydrogen) atoms. The summed E-state index contributed by atoms with van der Waals surface area (Å²) in [7, 11) is 0. The standard InChI is InChI=1S/C19H19ClN4O3/c20-15-3-1-14(2-4-15)17-18(27-12-9-23-7-10-26-11-8-23)22-16-13-21-5-6-24(16)19(17)25/h1-6,13H,7-12H2. The van der Waals surface area contributed by atoms with Crippen LogP contribution in [-0.4, -0.2) is 58.7 Å². The third-order valence-corrected chi connectivity index (χ3v) is 4.74. The number of morpholine rings is 1. The van der Waals surface area contributed by atoms with E-state index in [1.54, 1.807) is 42.9 Å². The zero-order valence-electron chi connectivity index (χ0n) is 14.7. The van der Waals surface area contributed by atoms with E-state index in [0.29, 0.717) is 34.3 Å². The van der Waals surface area contributed by atoms with Crippen LogP contribution in [-0.2, 0) is 4.74 Å². The molecule has 1 aromatic carbocycles. The first-order chi connectivity index (χ1) is 13.2. The van der Waals surface area contributed by atoms with Crippen molar-refractivity contribution in [2.75, 3.05) is 39.5 Å². The molecule has 140 valence electrons. The third-order valence-electron chi connectivity index (χ3n) is 4.48. The molecule has 8 heteroatoms. The molecule has 3 aromatic rings. The largest absolute Gasteiger partial charge is 0.476 e. The van der Waals surface area contributed by atoms with Crippen molar-refractivity contribution in [2.45, 2.75) is 0 Å². The van der Waals surface area contributed by atoms with Gasteiger partial charge in [-0.15, -0.1) is 0 Å². The Morgan fingerprint density at radius 3 is 2.74 bits per heavy atom. The van der Waals surface area contributed by atoms with E-state index in [2.05, 4.69) is 14.9 Å². The van der Waals surface area contributed by atoms with Gasteiger partial charge in [0, 0.05) is 37.1 Å². The maximum Gasteiger partial charge on any atom is 0.269 e. The minimum atomic E-state index is -0.203. The first kappa shape index (κ1) is 17.9. The summed E-state index contributed by atoms with van der Waals surface area (Å²) < 4.78 is 12.8. The molecular weight excluding hydrogens is 368 g/mol. The topological polar surface area (TPSA) is 69.0 Å². The number of ether oxygens (including phenoxy) is 2. The molecule has 4 rings (SSSR count). The summed E-state index contributed by atoms with van der Waals surface area (Å²) in [5.41, 5.74) is 1.37. The molecule has 0 radical (unpaired) electrons. The van der Waals surface area contributed by atoms with Gasteiger partial charge in [0.15, 0.2) is 5.65 Å². The van der Waals surface area contributed by atoms with Crippen LogP contribution in [0.5, 0.6) is 5.88 Å². The van der Waals surface area contributed by atoms with Crippen molar-refractivity contribution in [1.29, 1.82) is 0 Å². The van der Waals surface area contributed by atoms with E-state index in [4.69, 9.17) is 21.1 Å². The predicted molar refractivity (Wildman–Crippen MR) is 102 cm³/mol. The van der Waals surface area contributed by atoms with Crippen molar-refractivity contribution in [3.63, 3.8) is 0 Å². The third kappa shape index (κ3) is 3.95. The van der Waals surface area contributed by atoms with Gasteiger partial charge in [0.1, 0.15) is 12.2 Å². The van der Waals surface area contributed by atoms with Gasteiger partial charge in [-0.3, -0.25) is 19.1 Å². The highest BCUT2D eigenvalue weighted by atomic mass is 35.5. The second-order valence-corrected chi connectivity index (χ2v) is 6.65. The number of hydrogen-bond donors (Lipinski definition) is 0. The van der Waals surface area contributed by atoms with E-state index in [0.717, 1.165) is 32.8 Å². The van der Waals surface area contributed by atoms with Gasteiger partial charge in [-0.25, -0.2) is 0 Å². The Hall–Kier alpha value is -2.48. The van der Waals surface area contributed by atoms with E-state index >= 15 is 0 Å². The molecule has 0 aliphatic carbocycles. The smallest absolute Gasteiger partial charge is 0.269 e. The highest BCUT2D eigenvalue weighted by Gasteiger charge is 2.17. The van der Waals surface area contributed by atoms with Crippen molar-refractivity contribution in [3.05, 3.63) is 58.2 Å². The lowest BCUT2D eigenvalue weighted by atomic mass is 10.1. The number of rotatable bonds is 5. The normalized spacial score (nSPS) is 15.1. The first-order valence-corrected chi connectivity index (χ1v) is 9.15. The number of halogens is 1. The lowest BCUT2D eigenvalue weighted by Crippen LogP contribution is -2.38. The predicted octanol–water partition coefficient (Wildman–Crippen LogP) is 2.12. The fourth-order valence-electron chi connectivity index (χ4n) is 3.04. The molecule has 1 aliphatic rings. The molecule has 0 N–H and O–H groups in total. The van der Waals surface area contributed by atoms with E-state index < -0.39 is 0 Å². The van der Waals surface area contributed by atoms with Gasteiger partial charge < -0.3 is 9.47 Å². The zero-order valence-corrected chi connectivity index (χ0v) is 15.4. The fraction of sp³-hybridized carbons (Fsp3) is 0.316. The Morgan fingerprint density at radius 1 is 1.19 bits per heavy atom. The van der Waals surface area contributed by atoms with Gasteiger partial charge in [-0.05, 0) is 17.7 Å². The van der Waals surface area contributed by atoms with E-state index in [1.165, 1.54) is 4.40 Å². The van der Waals surface area contributed by atoms with Crippen LogP contribution >= 0.6 is 11.6 Å². The molecule has 2 aromatic heterocycles. The van der Waals surface area contributed by atoms with Gasteiger partial charge in [-0.1, -0.05) is 23.7 Å². The summed E-state index contributed by atoms with van der Waals surface area (Å²) in [6, 6.07) is 7.08. The lowest BCUT2D eigenvalue weighted by molar-refractivity contribution is 0.0320. The van der Waals surface area contributed by atoms with E-state index in [1.807, 2.05) is 0 Å². The van der Waals surface area contributed by atoms with Gasteiger partial charge in [-0.2, -0.15) is 4.98 Å². The molecule has 1 aliphatic heterocycles. The van der Waals surface area contributed by atoms with Crippen LogP contribution in [0.25, 0.3) is 16.8 Å². The molecule has 0 atom stereocenters. The van der Waals surface area contributed by atoms with Crippen LogP contribution in [0.15, 0.2) is 47.7 Å². The number of hydrogen-bond acceptors (Lipinski definition) is 6. The fourth-order valence-corrected chi connectivity index (χ4v) is 3.17. The minimum Gasteiger partial charge on any atom is -0.476 e. The number of benzene rings is 1. The average molecular weight is 387 g/mol. The summed E-state index contributed by atoms with van der Waals surface area (Å²) in [5, 5.41) is 0.603. The molecule has 0 spiro atoms. The highest BCUT2D eigenvalue weighted by molar-refractivity contribution is 6.30. The summed E-state index contributed by atoms with van der Waals surface area (Å²) in [6.45, 7) is 4.41. The first-order valence-electron chi connectivity index (χ1n) is 8.77. The van der Waals surface area contributed by atoms with Crippen LogP contribution in [0, 0.1) is 0 Å². The van der Waals surface area contributed by atoms with Crippen LogP contribution in [0.1, 0.15) is 0 Å². The monoisotopic (exact) mass is 386 g/mol. The molecule has 0 unspecified atom stereocenters. The highest BCUT2D eigenvalue weighted by Crippen LogP contribution is 2.26. The number of nitrogens with zero attached hydrogens (tertiary/aromatic N) is 4. The molecule has 0 saturated carbocycles. The second kappa shape index (κ2) is 8.04. The van der Waals surface area contributed by atoms with Crippen molar-refractivity contribution in [3.8, 4) is 17.0 Å². The molecule has 0 amide bonds. The maximum absolute atomic E-state index is 13.1. The molecule has 7 nitrogen and oxygen atoms in total. The van der Waals surface area contributed by atoms with Gasteiger partial charge in [0.2, 0.25) is 5.88 Å². The second-order valence-electron chi connectivity index (χ2n) is 6.21. The summed E-state index contributed by atoms with van der Waals surface area (Å²) in [6.07, 6.45) is 4.70. The van der Waals surface area contributed by atoms with Crippen LogP contribution in [0.2, 0.25) is 5.02 Å². The maximum atomic E-state index is 13.1. The summed E-state index contributed by atoms with van der Waals surface area (Å²) >= 11 is 5.99. The SMILES string of the molecule is O=c1c(-c2ccc(Cl)cc2)c(OCCN2CCOCC2)nc2cnccn12. The van der Waals surface area contributed by atoms with Crippen molar-refractivity contribution in [1.82, 2.24) is 19.3 Å². The Labute approximate surface area is 161 Å². The Kier molecular flexibility index (Phi) is 5.33. The summed E-state index contributed by atoms with van der Waals surface area (Å²) in [5.74, 6) is 0.309. The van der Waals surface area contributed by atoms with E-state index in [9.17, 15) is 4.79 Å². The zero-order chi connectivity index (χ0) is 18.6. The van der Waals surface area contributed by atoms with Gasteiger partial charge in [0.25, 0.3) is 5.56 Å². The molecule has 3 heterocycles. The van der Waals surface area contributed by atoms with E-state index in [-0.39, 0.29) is 5.56 Å². The Morgan fingerprint density at radius 2 is 1.96 bits per heavy atom. The lowest BCUT2D eigenvalue weighted by Gasteiger charge is -2.26. The van der Waals surface area contributed by atoms with Crippen molar-refractivity contribution >= 4 is 17.2 Å². The number of fused-ring (bicyclic) bond motifs is 1. The molecule has 1 fully saturated rings. The van der Waals surface area contributed by atoms with Gasteiger partial charge in [0.05, 0.1) is 19.4 Å². The average Bonchev–Trinajstić information content (AvgIpc) is 2.70. The summed E-state index contributed by atoms with van der Waals surface area (Å²) in [4.78, 5) is 23.9. The minimum absolute atomic E-state index is 0.203. The number of aromatic nitrogens is 3. The van der Waals surface area contributed by atoms with Crippen molar-refractivity contribution < 1.29 is 9.47 Å². The van der Waals surface area contributed by atoms with Crippen LogP contribution < -0.4 is 10.3 Å². The molecule has 0 bridgehead atoms. The Bertz CT molecular complexity index is 984. The van der Waals surface area contributed by atoms with Gasteiger partial charge >= 0.3 is 0 Å².